The van der Waals surface area contributed by atoms with E-state index in [-0.39, 0.29) is 35.1 Å². The Morgan fingerprint density at radius 1 is 1.05 bits per heavy atom. The molecule has 0 aliphatic carbocycles. The van der Waals surface area contributed by atoms with Crippen molar-refractivity contribution in [3.05, 3.63) is 106 Å². The maximum Gasteiger partial charge on any atom is 0.327 e. The lowest BCUT2D eigenvalue weighted by molar-refractivity contribution is -0.151. The first-order valence-corrected chi connectivity index (χ1v) is 13.7. The summed E-state index contributed by atoms with van der Waals surface area (Å²) in [5, 5.41) is 5.93. The molecule has 0 saturated heterocycles. The van der Waals surface area contributed by atoms with Crippen molar-refractivity contribution in [3.8, 4) is 0 Å². The van der Waals surface area contributed by atoms with Gasteiger partial charge in [0.1, 0.15) is 18.3 Å². The van der Waals surface area contributed by atoms with Gasteiger partial charge in [0, 0.05) is 30.5 Å². The van der Waals surface area contributed by atoms with Crippen LogP contribution in [0.25, 0.3) is 0 Å². The molecule has 0 fully saturated rings. The molecule has 0 aliphatic rings. The number of hydrogen-bond donors (Lipinski definition) is 4. The first kappa shape index (κ1) is 33.1. The van der Waals surface area contributed by atoms with Crippen LogP contribution in [0, 0.1) is 0 Å². The third-order valence-electron chi connectivity index (χ3n) is 6.07. The molecule has 3 aromatic rings. The van der Waals surface area contributed by atoms with E-state index >= 15 is 0 Å². The summed E-state index contributed by atoms with van der Waals surface area (Å²) in [6.07, 6.45) is 3.16. The maximum atomic E-state index is 13.1. The second kappa shape index (κ2) is 15.7. The molecule has 3 rings (SSSR count). The summed E-state index contributed by atoms with van der Waals surface area (Å²) in [6, 6.07) is 14.9. The first-order chi connectivity index (χ1) is 21.0. The van der Waals surface area contributed by atoms with Crippen LogP contribution >= 0.6 is 11.6 Å². The lowest BCUT2D eigenvalue weighted by Gasteiger charge is -2.24. The van der Waals surface area contributed by atoms with Crippen molar-refractivity contribution >= 4 is 52.6 Å². The third kappa shape index (κ3) is 9.29. The van der Waals surface area contributed by atoms with Gasteiger partial charge in [-0.2, -0.15) is 0 Å². The predicted molar refractivity (Wildman–Crippen MR) is 163 cm³/mol. The van der Waals surface area contributed by atoms with Gasteiger partial charge >= 0.3 is 5.97 Å². The van der Waals surface area contributed by atoms with Gasteiger partial charge in [-0.05, 0) is 49.7 Å². The molecule has 0 bridgehead atoms. The van der Waals surface area contributed by atoms with Crippen molar-refractivity contribution in [2.24, 2.45) is 0 Å². The minimum Gasteiger partial charge on any atom is -0.465 e. The van der Waals surface area contributed by atoms with E-state index in [1.54, 1.807) is 6.92 Å². The number of ether oxygens (including phenoxy) is 1. The van der Waals surface area contributed by atoms with E-state index in [4.69, 9.17) is 22.1 Å². The Balaban J connectivity index is 1.72. The third-order valence-corrected chi connectivity index (χ3v) is 6.40. The van der Waals surface area contributed by atoms with E-state index in [1.807, 2.05) is 30.3 Å². The summed E-state index contributed by atoms with van der Waals surface area (Å²) in [4.78, 5) is 76.2. The van der Waals surface area contributed by atoms with E-state index in [1.165, 1.54) is 43.5 Å². The number of nitrogens with one attached hydrogen (secondary N) is 3. The van der Waals surface area contributed by atoms with Crippen molar-refractivity contribution in [2.45, 2.75) is 26.4 Å². The highest BCUT2D eigenvalue weighted by atomic mass is 35.5. The minimum atomic E-state index is -1.21. The van der Waals surface area contributed by atoms with Gasteiger partial charge in [0.05, 0.1) is 17.3 Å². The maximum absolute atomic E-state index is 13.1. The van der Waals surface area contributed by atoms with Gasteiger partial charge in [0.25, 0.3) is 23.3 Å². The molecular formula is C30H31ClN6O7. The number of nitrogens with two attached hydrogens (primary N) is 1. The molecule has 1 aromatic heterocycles. The van der Waals surface area contributed by atoms with Gasteiger partial charge in [-0.25, -0.2) is 5.01 Å². The van der Waals surface area contributed by atoms with Crippen molar-refractivity contribution in [3.63, 3.8) is 0 Å². The monoisotopic (exact) mass is 622 g/mol. The van der Waals surface area contributed by atoms with Gasteiger partial charge < -0.3 is 25.7 Å². The second-order valence-corrected chi connectivity index (χ2v) is 9.65. The van der Waals surface area contributed by atoms with Crippen LogP contribution in [0.15, 0.2) is 83.8 Å². The smallest absolute Gasteiger partial charge is 0.327 e. The van der Waals surface area contributed by atoms with Crippen molar-refractivity contribution in [1.82, 2.24) is 20.3 Å². The molecule has 1 unspecified atom stereocenters. The quantitative estimate of drug-likeness (QED) is 0.109. The molecule has 44 heavy (non-hydrogen) atoms. The minimum absolute atomic E-state index is 0.0272. The summed E-state index contributed by atoms with van der Waals surface area (Å²) in [6.45, 7) is 2.53. The number of hydrazine groups is 1. The number of hydrogen-bond acceptors (Lipinski definition) is 8. The van der Waals surface area contributed by atoms with E-state index in [0.29, 0.717) is 5.01 Å². The molecule has 230 valence electrons. The average molecular weight is 623 g/mol. The van der Waals surface area contributed by atoms with Gasteiger partial charge in [0.15, 0.2) is 0 Å². The Morgan fingerprint density at radius 3 is 2.45 bits per heavy atom. The number of rotatable bonds is 11. The zero-order valence-electron chi connectivity index (χ0n) is 23.9. The van der Waals surface area contributed by atoms with Crippen LogP contribution in [0.2, 0.25) is 5.02 Å². The van der Waals surface area contributed by atoms with E-state index < -0.39 is 47.7 Å². The SMILES string of the molecule is CCOC(=O)CN(NC(=O)C(C)n1cccc(NC(=O)c2ccc(N)c(Cl)c2)c1=O)C(=O)/C=C/C(=O)NCc1ccccc1. The number of pyridine rings is 1. The summed E-state index contributed by atoms with van der Waals surface area (Å²) in [5.74, 6) is -3.78. The number of benzene rings is 2. The van der Waals surface area contributed by atoms with Crippen molar-refractivity contribution in [2.75, 3.05) is 24.2 Å². The Kier molecular flexibility index (Phi) is 11.8. The largest absolute Gasteiger partial charge is 0.465 e. The van der Waals surface area contributed by atoms with Gasteiger partial charge in [-0.15, -0.1) is 0 Å². The normalized spacial score (nSPS) is 11.3. The Morgan fingerprint density at radius 2 is 1.77 bits per heavy atom. The Labute approximate surface area is 257 Å². The van der Waals surface area contributed by atoms with Crippen LogP contribution in [0.3, 0.4) is 0 Å². The second-order valence-electron chi connectivity index (χ2n) is 9.24. The van der Waals surface area contributed by atoms with E-state index in [2.05, 4.69) is 16.1 Å². The Bertz CT molecular complexity index is 1620. The van der Waals surface area contributed by atoms with Gasteiger partial charge in [-0.3, -0.25) is 34.2 Å². The van der Waals surface area contributed by atoms with Crippen LogP contribution in [0.4, 0.5) is 11.4 Å². The van der Waals surface area contributed by atoms with Crippen LogP contribution in [-0.2, 0) is 30.5 Å². The van der Waals surface area contributed by atoms with E-state index in [0.717, 1.165) is 22.3 Å². The number of halogens is 1. The van der Waals surface area contributed by atoms with Crippen molar-refractivity contribution in [1.29, 1.82) is 0 Å². The van der Waals surface area contributed by atoms with Crippen molar-refractivity contribution < 1.29 is 28.7 Å². The molecule has 2 aromatic carbocycles. The number of aromatic nitrogens is 1. The molecule has 0 saturated carbocycles. The molecule has 4 amide bonds. The average Bonchev–Trinajstić information content (AvgIpc) is 3.01. The zero-order chi connectivity index (χ0) is 32.2. The summed E-state index contributed by atoms with van der Waals surface area (Å²) < 4.78 is 5.91. The lowest BCUT2D eigenvalue weighted by atomic mass is 10.2. The molecule has 1 atom stereocenters. The molecular weight excluding hydrogens is 592 g/mol. The van der Waals surface area contributed by atoms with Crippen LogP contribution in [-0.4, -0.2) is 52.3 Å². The summed E-state index contributed by atoms with van der Waals surface area (Å²) in [5.41, 5.74) is 8.41. The molecule has 0 aliphatic heterocycles. The van der Waals surface area contributed by atoms with Gasteiger partial charge in [-0.1, -0.05) is 41.9 Å². The fraction of sp³-hybridized carbons (Fsp3) is 0.200. The summed E-state index contributed by atoms with van der Waals surface area (Å²) in [7, 11) is 0. The van der Waals surface area contributed by atoms with Gasteiger partial charge in [0.2, 0.25) is 5.91 Å². The number of anilines is 2. The lowest BCUT2D eigenvalue weighted by Crippen LogP contribution is -2.51. The molecule has 0 spiro atoms. The summed E-state index contributed by atoms with van der Waals surface area (Å²) >= 11 is 5.98. The fourth-order valence-corrected chi connectivity index (χ4v) is 3.90. The first-order valence-electron chi connectivity index (χ1n) is 13.3. The molecule has 0 radical (unpaired) electrons. The number of carbonyl (C=O) groups excluding carboxylic acids is 5. The van der Waals surface area contributed by atoms with E-state index in [9.17, 15) is 28.8 Å². The number of nitrogen functional groups attached to an aromatic ring is 1. The highest BCUT2D eigenvalue weighted by molar-refractivity contribution is 6.33. The molecule has 13 nitrogen and oxygen atoms in total. The molecule has 1 heterocycles. The molecule has 14 heteroatoms. The number of nitrogens with zero attached hydrogens (tertiary/aromatic N) is 2. The number of amides is 4. The van der Waals surface area contributed by atoms with Crippen LogP contribution in [0.5, 0.6) is 0 Å². The fourth-order valence-electron chi connectivity index (χ4n) is 3.71. The molecule has 5 N–H and O–H groups in total. The Hall–Kier alpha value is -5.43. The van der Waals surface area contributed by atoms with Crippen LogP contribution in [0.1, 0.15) is 35.8 Å². The number of esters is 1. The standard InChI is InChI=1S/C30H31ClN6O7/c1-3-44-27(40)18-37(26(39)14-13-25(38)33-17-20-8-5-4-6-9-20)35-28(41)19(2)36-15-7-10-24(30(36)43)34-29(42)21-11-12-23(32)22(31)16-21/h4-16,19H,3,17-18,32H2,1-2H3,(H,33,38)(H,34,42)(H,35,41)/b14-13+. The predicted octanol–water partition coefficient (Wildman–Crippen LogP) is 2.19. The highest BCUT2D eigenvalue weighted by Gasteiger charge is 2.24. The van der Waals surface area contributed by atoms with Crippen LogP contribution < -0.4 is 27.4 Å². The highest BCUT2D eigenvalue weighted by Crippen LogP contribution is 2.20. The zero-order valence-corrected chi connectivity index (χ0v) is 24.7. The number of carbonyl (C=O) groups is 5. The topological polar surface area (TPSA) is 182 Å².